The lowest BCUT2D eigenvalue weighted by Gasteiger charge is -2.12. The molecule has 0 amide bonds. The van der Waals surface area contributed by atoms with Crippen molar-refractivity contribution in [2.24, 2.45) is 5.16 Å². The Balaban J connectivity index is 2.45. The summed E-state index contributed by atoms with van der Waals surface area (Å²) in [5, 5.41) is 22.3. The fourth-order valence-corrected chi connectivity index (χ4v) is 2.48. The van der Waals surface area contributed by atoms with E-state index in [1.54, 1.807) is 31.4 Å². The fourth-order valence-electron chi connectivity index (χ4n) is 2.48. The van der Waals surface area contributed by atoms with E-state index in [0.29, 0.717) is 29.0 Å². The average molecular weight is 341 g/mol. The van der Waals surface area contributed by atoms with Crippen LogP contribution in [0.5, 0.6) is 5.75 Å². The molecule has 25 heavy (non-hydrogen) atoms. The number of carbonyl (C=O) groups is 1. The van der Waals surface area contributed by atoms with Gasteiger partial charge >= 0.3 is 5.97 Å². The first-order chi connectivity index (χ1) is 12.1. The Bertz CT molecular complexity index is 811. The lowest BCUT2D eigenvalue weighted by atomic mass is 9.94. The van der Waals surface area contributed by atoms with Gasteiger partial charge in [-0.2, -0.15) is 0 Å². The van der Waals surface area contributed by atoms with Crippen molar-refractivity contribution in [3.63, 3.8) is 0 Å². The first-order valence-corrected chi connectivity index (χ1v) is 7.50. The molecule has 2 aromatic rings. The molecular formula is C19H19NO5. The Morgan fingerprint density at radius 1 is 1.12 bits per heavy atom. The Morgan fingerprint density at radius 2 is 1.84 bits per heavy atom. The number of oxime groups is 1. The number of ether oxygens (including phenoxy) is 2. The van der Waals surface area contributed by atoms with Crippen molar-refractivity contribution < 1.29 is 24.6 Å². The second-order valence-electron chi connectivity index (χ2n) is 5.19. The van der Waals surface area contributed by atoms with Crippen LogP contribution in [0.2, 0.25) is 0 Å². The largest absolute Gasteiger partial charge is 0.503 e. The third kappa shape index (κ3) is 4.38. The normalized spacial score (nSPS) is 11.9. The molecule has 0 aliphatic rings. The summed E-state index contributed by atoms with van der Waals surface area (Å²) in [4.78, 5) is 11.5. The molecule has 0 aromatic heterocycles. The van der Waals surface area contributed by atoms with Gasteiger partial charge < -0.3 is 19.8 Å². The van der Waals surface area contributed by atoms with Crippen LogP contribution in [0.3, 0.4) is 0 Å². The summed E-state index contributed by atoms with van der Waals surface area (Å²) < 4.78 is 10.1. The monoisotopic (exact) mass is 341 g/mol. The molecule has 6 heteroatoms. The topological polar surface area (TPSA) is 88.4 Å². The van der Waals surface area contributed by atoms with Crippen LogP contribution in [-0.4, -0.2) is 36.2 Å². The Labute approximate surface area is 145 Å². The van der Waals surface area contributed by atoms with Crippen molar-refractivity contribution in [2.45, 2.75) is 6.42 Å². The lowest BCUT2D eigenvalue weighted by Crippen LogP contribution is -2.11. The summed E-state index contributed by atoms with van der Waals surface area (Å²) in [5.41, 5.74) is 2.11. The number of carboxylic acids is 1. The molecule has 130 valence electrons. The van der Waals surface area contributed by atoms with Crippen molar-refractivity contribution in [2.75, 3.05) is 14.2 Å². The molecule has 0 aliphatic carbocycles. The predicted molar refractivity (Wildman–Crippen MR) is 94.1 cm³/mol. The summed E-state index contributed by atoms with van der Waals surface area (Å²) in [7, 11) is 2.95. The third-order valence-corrected chi connectivity index (χ3v) is 3.62. The third-order valence-electron chi connectivity index (χ3n) is 3.62. The van der Waals surface area contributed by atoms with Gasteiger partial charge in [0.15, 0.2) is 0 Å². The Morgan fingerprint density at radius 3 is 2.44 bits per heavy atom. The van der Waals surface area contributed by atoms with Gasteiger partial charge in [-0.15, -0.1) is 0 Å². The van der Waals surface area contributed by atoms with Gasteiger partial charge in [0.2, 0.25) is 0 Å². The molecule has 0 saturated carbocycles. The maximum atomic E-state index is 11.5. The van der Waals surface area contributed by atoms with E-state index in [2.05, 4.69) is 5.16 Å². The molecule has 0 bridgehead atoms. The van der Waals surface area contributed by atoms with Crippen LogP contribution < -0.4 is 4.74 Å². The van der Waals surface area contributed by atoms with Gasteiger partial charge in [-0.05, 0) is 17.7 Å². The molecule has 0 radical (unpaired) electrons. The van der Waals surface area contributed by atoms with Crippen LogP contribution in [0, 0.1) is 0 Å². The predicted octanol–water partition coefficient (Wildman–Crippen LogP) is 3.19. The highest BCUT2D eigenvalue weighted by Crippen LogP contribution is 2.23. The molecule has 2 aromatic carbocycles. The minimum absolute atomic E-state index is 0.0232. The highest BCUT2D eigenvalue weighted by molar-refractivity contribution is 6.19. The highest BCUT2D eigenvalue weighted by Gasteiger charge is 2.18. The molecule has 0 heterocycles. The van der Waals surface area contributed by atoms with Gasteiger partial charge in [0, 0.05) is 17.5 Å². The van der Waals surface area contributed by atoms with Crippen molar-refractivity contribution in [3.8, 4) is 5.75 Å². The minimum Gasteiger partial charge on any atom is -0.503 e. The summed E-state index contributed by atoms with van der Waals surface area (Å²) in [6.45, 7) is 0. The number of hydrogen-bond donors (Lipinski definition) is 2. The lowest BCUT2D eigenvalue weighted by molar-refractivity contribution is -0.130. The SMILES string of the molecule is CO/C=C(/C(=O)O)c1ccccc1/C(Cc1cccc(OC)c1)=N/O. The number of benzene rings is 2. The summed E-state index contributed by atoms with van der Waals surface area (Å²) in [6.07, 6.45) is 1.46. The van der Waals surface area contributed by atoms with Gasteiger partial charge in [-0.25, -0.2) is 4.79 Å². The zero-order chi connectivity index (χ0) is 18.2. The van der Waals surface area contributed by atoms with Crippen LogP contribution >= 0.6 is 0 Å². The highest BCUT2D eigenvalue weighted by atomic mass is 16.5. The zero-order valence-corrected chi connectivity index (χ0v) is 14.0. The molecule has 0 atom stereocenters. The fraction of sp³-hybridized carbons (Fsp3) is 0.158. The number of carboxylic acid groups (broad SMARTS) is 1. The number of nitrogens with zero attached hydrogens (tertiary/aromatic N) is 1. The number of rotatable bonds is 7. The molecule has 6 nitrogen and oxygen atoms in total. The molecule has 2 rings (SSSR count). The summed E-state index contributed by atoms with van der Waals surface area (Å²) in [5.74, 6) is -0.443. The molecule has 0 saturated heterocycles. The van der Waals surface area contributed by atoms with E-state index in [9.17, 15) is 15.1 Å². The van der Waals surface area contributed by atoms with Gasteiger partial charge in [-0.3, -0.25) is 0 Å². The van der Waals surface area contributed by atoms with E-state index >= 15 is 0 Å². The maximum absolute atomic E-state index is 11.5. The summed E-state index contributed by atoms with van der Waals surface area (Å²) >= 11 is 0. The number of hydrogen-bond acceptors (Lipinski definition) is 5. The smallest absolute Gasteiger partial charge is 0.339 e. The van der Waals surface area contributed by atoms with E-state index < -0.39 is 5.97 Å². The molecule has 2 N–H and O–H groups in total. The molecular weight excluding hydrogens is 322 g/mol. The summed E-state index contributed by atoms with van der Waals surface area (Å²) in [6, 6.07) is 14.2. The van der Waals surface area contributed by atoms with E-state index in [1.165, 1.54) is 7.11 Å². The van der Waals surface area contributed by atoms with Gasteiger partial charge in [0.1, 0.15) is 11.3 Å². The Kier molecular flexibility index (Phi) is 6.17. The average Bonchev–Trinajstić information content (AvgIpc) is 2.64. The molecule has 0 fully saturated rings. The minimum atomic E-state index is -1.13. The second kappa shape index (κ2) is 8.54. The standard InChI is InChI=1S/C19H19NO5/c1-24-12-17(19(21)22)15-8-3-4-9-16(15)18(20-23)11-13-6-5-7-14(10-13)25-2/h3-10,12,23H,11H2,1-2H3,(H,21,22)/b17-12+,20-18+. The van der Waals surface area contributed by atoms with Gasteiger partial charge in [-0.1, -0.05) is 41.6 Å². The van der Waals surface area contributed by atoms with Crippen molar-refractivity contribution in [3.05, 3.63) is 71.5 Å². The molecule has 0 spiro atoms. The second-order valence-corrected chi connectivity index (χ2v) is 5.19. The quantitative estimate of drug-likeness (QED) is 0.265. The van der Waals surface area contributed by atoms with Gasteiger partial charge in [0.25, 0.3) is 0 Å². The zero-order valence-electron chi connectivity index (χ0n) is 14.0. The van der Waals surface area contributed by atoms with E-state index in [4.69, 9.17) is 9.47 Å². The van der Waals surface area contributed by atoms with Crippen LogP contribution in [-0.2, 0) is 16.0 Å². The van der Waals surface area contributed by atoms with Crippen LogP contribution in [0.15, 0.2) is 59.9 Å². The van der Waals surface area contributed by atoms with Crippen LogP contribution in [0.4, 0.5) is 0 Å². The first-order valence-electron chi connectivity index (χ1n) is 7.50. The van der Waals surface area contributed by atoms with Crippen LogP contribution in [0.1, 0.15) is 16.7 Å². The van der Waals surface area contributed by atoms with Crippen LogP contribution in [0.25, 0.3) is 5.57 Å². The van der Waals surface area contributed by atoms with E-state index in [-0.39, 0.29) is 5.57 Å². The van der Waals surface area contributed by atoms with E-state index in [1.807, 2.05) is 24.3 Å². The maximum Gasteiger partial charge on any atom is 0.339 e. The first kappa shape index (κ1) is 18.1. The van der Waals surface area contributed by atoms with E-state index in [0.717, 1.165) is 11.8 Å². The van der Waals surface area contributed by atoms with Crippen molar-refractivity contribution in [1.29, 1.82) is 0 Å². The van der Waals surface area contributed by atoms with Crippen molar-refractivity contribution >= 4 is 17.3 Å². The number of aliphatic carboxylic acids is 1. The number of methoxy groups -OCH3 is 2. The van der Waals surface area contributed by atoms with Crippen molar-refractivity contribution in [1.82, 2.24) is 0 Å². The van der Waals surface area contributed by atoms with Gasteiger partial charge in [0.05, 0.1) is 26.2 Å². The molecule has 0 aliphatic heterocycles. The molecule has 0 unspecified atom stereocenters. The Hall–Kier alpha value is -3.28.